The zero-order valence-corrected chi connectivity index (χ0v) is 15.0. The van der Waals surface area contributed by atoms with Crippen molar-refractivity contribution in [1.82, 2.24) is 20.2 Å². The molecule has 0 bridgehead atoms. The standard InChI is InChI=1S/C18H14N4O4S/c1-26-12-3-2-11-9-22(15(23)13(11)8-12)10-18(16(24)20-17(25)21-18)5-4-14-19-6-7-27-14/h2-3,6-9,23H,10H2,1H3,(H2,20,21,24,25)/t18-/m1/s1. The summed E-state index contributed by atoms with van der Waals surface area (Å²) in [6.07, 6.45) is 3.29. The number of amides is 3. The van der Waals surface area contributed by atoms with Gasteiger partial charge in [-0.25, -0.2) is 9.78 Å². The van der Waals surface area contributed by atoms with Crippen LogP contribution < -0.4 is 15.4 Å². The van der Waals surface area contributed by atoms with E-state index in [9.17, 15) is 14.7 Å². The van der Waals surface area contributed by atoms with Gasteiger partial charge in [-0.15, -0.1) is 11.3 Å². The molecule has 0 radical (unpaired) electrons. The predicted octanol–water partition coefficient (Wildman–Crippen LogP) is 1.44. The lowest BCUT2D eigenvalue weighted by Crippen LogP contribution is -2.49. The van der Waals surface area contributed by atoms with Crippen LogP contribution in [0, 0.1) is 11.8 Å². The van der Waals surface area contributed by atoms with Gasteiger partial charge in [-0.1, -0.05) is 5.92 Å². The van der Waals surface area contributed by atoms with Crippen LogP contribution in [0.4, 0.5) is 4.79 Å². The third kappa shape index (κ3) is 2.96. The smallest absolute Gasteiger partial charge is 0.323 e. The normalized spacial score (nSPS) is 18.7. The van der Waals surface area contributed by atoms with E-state index in [0.717, 1.165) is 5.39 Å². The fraction of sp³-hybridized carbons (Fsp3) is 0.167. The van der Waals surface area contributed by atoms with Crippen molar-refractivity contribution in [2.75, 3.05) is 7.11 Å². The molecular formula is C18H14N4O4S. The minimum Gasteiger partial charge on any atom is -0.497 e. The second-order valence-corrected chi connectivity index (χ2v) is 6.83. The first-order chi connectivity index (χ1) is 13.0. The molecular weight excluding hydrogens is 368 g/mol. The van der Waals surface area contributed by atoms with Crippen LogP contribution in [0.3, 0.4) is 0 Å². The van der Waals surface area contributed by atoms with Crippen molar-refractivity contribution >= 4 is 34.0 Å². The summed E-state index contributed by atoms with van der Waals surface area (Å²) in [5.41, 5.74) is -1.51. The number of fused-ring (bicyclic) bond motifs is 1. The first-order valence-corrected chi connectivity index (χ1v) is 8.81. The summed E-state index contributed by atoms with van der Waals surface area (Å²) in [5, 5.41) is 19.0. The van der Waals surface area contributed by atoms with Crippen LogP contribution in [0.1, 0.15) is 5.01 Å². The molecule has 2 aromatic heterocycles. The highest BCUT2D eigenvalue weighted by Gasteiger charge is 2.46. The van der Waals surface area contributed by atoms with Crippen LogP contribution in [0.5, 0.6) is 11.6 Å². The number of hydrogen-bond acceptors (Lipinski definition) is 6. The highest BCUT2D eigenvalue weighted by atomic mass is 32.1. The van der Waals surface area contributed by atoms with Gasteiger partial charge < -0.3 is 19.7 Å². The van der Waals surface area contributed by atoms with Crippen LogP contribution in [-0.4, -0.2) is 39.2 Å². The van der Waals surface area contributed by atoms with Gasteiger partial charge >= 0.3 is 6.03 Å². The molecule has 1 atom stereocenters. The molecule has 27 heavy (non-hydrogen) atoms. The van der Waals surface area contributed by atoms with Gasteiger partial charge in [-0.3, -0.25) is 10.1 Å². The number of aromatic nitrogens is 2. The summed E-state index contributed by atoms with van der Waals surface area (Å²) >= 11 is 1.33. The molecule has 8 nitrogen and oxygen atoms in total. The van der Waals surface area contributed by atoms with E-state index in [0.29, 0.717) is 16.1 Å². The van der Waals surface area contributed by atoms with Gasteiger partial charge in [0.1, 0.15) is 5.75 Å². The lowest BCUT2D eigenvalue weighted by molar-refractivity contribution is -0.122. The Morgan fingerprint density at radius 1 is 1.41 bits per heavy atom. The van der Waals surface area contributed by atoms with Gasteiger partial charge in [0.25, 0.3) is 5.91 Å². The molecule has 136 valence electrons. The number of urea groups is 1. The van der Waals surface area contributed by atoms with Gasteiger partial charge in [0.05, 0.1) is 13.7 Å². The predicted molar refractivity (Wildman–Crippen MR) is 98.6 cm³/mol. The van der Waals surface area contributed by atoms with Crippen molar-refractivity contribution < 1.29 is 19.4 Å². The Balaban J connectivity index is 1.76. The van der Waals surface area contributed by atoms with E-state index >= 15 is 0 Å². The first-order valence-electron chi connectivity index (χ1n) is 7.93. The molecule has 1 aliphatic rings. The monoisotopic (exact) mass is 382 g/mol. The molecule has 1 aliphatic heterocycles. The van der Waals surface area contributed by atoms with Crippen LogP contribution in [-0.2, 0) is 11.3 Å². The minimum atomic E-state index is -1.51. The highest BCUT2D eigenvalue weighted by molar-refractivity contribution is 7.10. The Morgan fingerprint density at radius 2 is 2.26 bits per heavy atom. The number of carbonyl (C=O) groups excluding carboxylic acids is 2. The van der Waals surface area contributed by atoms with Gasteiger partial charge in [0, 0.05) is 28.5 Å². The summed E-state index contributed by atoms with van der Waals surface area (Å²) in [4.78, 5) is 28.3. The van der Waals surface area contributed by atoms with Gasteiger partial charge in [-0.2, -0.15) is 0 Å². The summed E-state index contributed by atoms with van der Waals surface area (Å²) < 4.78 is 6.66. The van der Waals surface area contributed by atoms with Crippen molar-refractivity contribution in [3.8, 4) is 23.5 Å². The minimum absolute atomic E-state index is 0.0479. The van der Waals surface area contributed by atoms with E-state index in [1.54, 1.807) is 36.0 Å². The van der Waals surface area contributed by atoms with E-state index < -0.39 is 17.5 Å². The summed E-state index contributed by atoms with van der Waals surface area (Å²) in [5.74, 6) is 5.61. The van der Waals surface area contributed by atoms with E-state index in [-0.39, 0.29) is 12.4 Å². The maximum absolute atomic E-state index is 12.5. The molecule has 3 aromatic rings. The molecule has 0 aliphatic carbocycles. The van der Waals surface area contributed by atoms with Crippen LogP contribution in [0.2, 0.25) is 0 Å². The number of hydrogen-bond donors (Lipinski definition) is 3. The number of methoxy groups -OCH3 is 1. The molecule has 1 saturated heterocycles. The van der Waals surface area contributed by atoms with Crippen molar-refractivity contribution in [2.45, 2.75) is 12.1 Å². The number of carbonyl (C=O) groups is 2. The topological polar surface area (TPSA) is 105 Å². The molecule has 3 amide bonds. The van der Waals surface area contributed by atoms with Crippen LogP contribution in [0.15, 0.2) is 36.0 Å². The first kappa shape index (κ1) is 16.9. The molecule has 1 aromatic carbocycles. The Morgan fingerprint density at radius 3 is 2.93 bits per heavy atom. The van der Waals surface area contributed by atoms with Gasteiger partial charge in [-0.05, 0) is 24.1 Å². The Kier molecular flexibility index (Phi) is 3.97. The van der Waals surface area contributed by atoms with E-state index in [1.807, 2.05) is 0 Å². The van der Waals surface area contributed by atoms with Crippen LogP contribution in [0.25, 0.3) is 10.8 Å². The third-order valence-corrected chi connectivity index (χ3v) is 4.92. The number of imide groups is 1. The number of nitrogens with zero attached hydrogens (tertiary/aromatic N) is 2. The summed E-state index contributed by atoms with van der Waals surface area (Å²) in [7, 11) is 1.54. The molecule has 0 spiro atoms. The van der Waals surface area contributed by atoms with E-state index in [4.69, 9.17) is 4.74 Å². The van der Waals surface area contributed by atoms with Crippen molar-refractivity contribution in [2.24, 2.45) is 0 Å². The quantitative estimate of drug-likeness (QED) is 0.470. The molecule has 0 saturated carbocycles. The third-order valence-electron chi connectivity index (χ3n) is 4.23. The number of benzene rings is 1. The molecule has 3 heterocycles. The molecule has 0 unspecified atom stereocenters. The number of thiazole rings is 1. The lowest BCUT2D eigenvalue weighted by atomic mass is 10.0. The molecule has 9 heteroatoms. The second-order valence-electron chi connectivity index (χ2n) is 5.93. The fourth-order valence-electron chi connectivity index (χ4n) is 2.90. The average Bonchev–Trinajstić information content (AvgIpc) is 3.34. The zero-order chi connectivity index (χ0) is 19.0. The highest BCUT2D eigenvalue weighted by Crippen LogP contribution is 2.31. The molecule has 4 rings (SSSR count). The number of nitrogens with one attached hydrogen (secondary N) is 2. The maximum atomic E-state index is 12.5. The Labute approximate surface area is 157 Å². The van der Waals surface area contributed by atoms with Crippen molar-refractivity contribution in [1.29, 1.82) is 0 Å². The van der Waals surface area contributed by atoms with Gasteiger partial charge in [0.2, 0.25) is 5.54 Å². The second kappa shape index (κ2) is 6.34. The lowest BCUT2D eigenvalue weighted by Gasteiger charge is -2.20. The summed E-state index contributed by atoms with van der Waals surface area (Å²) in [6, 6.07) is 4.63. The van der Waals surface area contributed by atoms with E-state index in [1.165, 1.54) is 23.0 Å². The maximum Gasteiger partial charge on any atom is 0.323 e. The molecule has 3 N–H and O–H groups in total. The SMILES string of the molecule is COc1ccc2cn(C[C@@]3(C#Cc4nccs4)NC(=O)NC3=O)c(O)c2c1. The van der Waals surface area contributed by atoms with Crippen LogP contribution >= 0.6 is 11.3 Å². The van der Waals surface area contributed by atoms with Crippen molar-refractivity contribution in [3.63, 3.8) is 0 Å². The summed E-state index contributed by atoms with van der Waals surface area (Å²) in [6.45, 7) is -0.0637. The number of ether oxygens (including phenoxy) is 1. The Bertz CT molecular complexity index is 1110. The van der Waals surface area contributed by atoms with E-state index in [2.05, 4.69) is 27.5 Å². The van der Waals surface area contributed by atoms with Crippen molar-refractivity contribution in [3.05, 3.63) is 41.0 Å². The average molecular weight is 382 g/mol. The van der Waals surface area contributed by atoms with Gasteiger partial charge in [0.15, 0.2) is 10.9 Å². The number of rotatable bonds is 3. The molecule has 1 fully saturated rings. The zero-order valence-electron chi connectivity index (χ0n) is 14.1. The largest absolute Gasteiger partial charge is 0.497 e. The fourth-order valence-corrected chi connectivity index (χ4v) is 3.39. The number of aromatic hydroxyl groups is 1. The Hall–Kier alpha value is -3.51.